The number of fused-ring (bicyclic) bond motifs is 1. The number of rotatable bonds is 3. The number of hydrogen-bond donors (Lipinski definition) is 2. The Labute approximate surface area is 123 Å². The third-order valence-corrected chi connectivity index (χ3v) is 4.71. The maximum atomic E-state index is 5.89. The van der Waals surface area contributed by atoms with E-state index in [-0.39, 0.29) is 6.04 Å². The molecular formula is C14H13BrN2OS. The summed E-state index contributed by atoms with van der Waals surface area (Å²) in [6.45, 7) is 2.07. The molecule has 0 aliphatic rings. The molecule has 0 spiro atoms. The SMILES string of the molecule is Cc1ccc2oc(C(NN)c3ccc(Br)s3)cc2c1. The van der Waals surface area contributed by atoms with Crippen LogP contribution in [0.15, 0.2) is 44.6 Å². The van der Waals surface area contributed by atoms with Crippen LogP contribution in [0.3, 0.4) is 0 Å². The van der Waals surface area contributed by atoms with Crippen molar-refractivity contribution in [3.05, 3.63) is 56.4 Å². The van der Waals surface area contributed by atoms with Gasteiger partial charge in [-0.15, -0.1) is 11.3 Å². The quantitative estimate of drug-likeness (QED) is 0.558. The van der Waals surface area contributed by atoms with E-state index in [0.717, 1.165) is 25.4 Å². The number of hydrazine groups is 1. The maximum Gasteiger partial charge on any atom is 0.134 e. The molecule has 1 unspecified atom stereocenters. The Morgan fingerprint density at radius 2 is 2.11 bits per heavy atom. The van der Waals surface area contributed by atoms with Crippen LogP contribution < -0.4 is 11.3 Å². The zero-order valence-electron chi connectivity index (χ0n) is 10.3. The van der Waals surface area contributed by atoms with E-state index < -0.39 is 0 Å². The highest BCUT2D eigenvalue weighted by Crippen LogP contribution is 2.33. The zero-order chi connectivity index (χ0) is 13.4. The van der Waals surface area contributed by atoms with Gasteiger partial charge in [0, 0.05) is 10.3 Å². The first-order chi connectivity index (χ1) is 9.17. The number of furan rings is 1. The van der Waals surface area contributed by atoms with Crippen molar-refractivity contribution < 1.29 is 4.42 Å². The van der Waals surface area contributed by atoms with Gasteiger partial charge in [-0.1, -0.05) is 11.6 Å². The number of benzene rings is 1. The second-order valence-electron chi connectivity index (χ2n) is 4.43. The molecule has 1 aromatic carbocycles. The van der Waals surface area contributed by atoms with Crippen molar-refractivity contribution in [1.29, 1.82) is 0 Å². The van der Waals surface area contributed by atoms with Crippen molar-refractivity contribution in [1.82, 2.24) is 5.43 Å². The molecule has 0 saturated carbocycles. The molecule has 98 valence electrons. The van der Waals surface area contributed by atoms with Crippen LogP contribution in [0.5, 0.6) is 0 Å². The summed E-state index contributed by atoms with van der Waals surface area (Å²) >= 11 is 5.11. The van der Waals surface area contributed by atoms with Crippen molar-refractivity contribution in [3.8, 4) is 0 Å². The van der Waals surface area contributed by atoms with Crippen molar-refractivity contribution in [2.24, 2.45) is 5.84 Å². The molecule has 0 bridgehead atoms. The first-order valence-electron chi connectivity index (χ1n) is 5.89. The molecular weight excluding hydrogens is 324 g/mol. The van der Waals surface area contributed by atoms with E-state index in [1.165, 1.54) is 5.56 Å². The summed E-state index contributed by atoms with van der Waals surface area (Å²) in [6, 6.07) is 12.1. The molecule has 0 fully saturated rings. The molecule has 0 aliphatic carbocycles. The van der Waals surface area contributed by atoms with Crippen molar-refractivity contribution in [2.45, 2.75) is 13.0 Å². The number of thiophene rings is 1. The summed E-state index contributed by atoms with van der Waals surface area (Å²) in [6.07, 6.45) is 0. The molecule has 0 amide bonds. The molecule has 0 aliphatic heterocycles. The highest BCUT2D eigenvalue weighted by molar-refractivity contribution is 9.11. The van der Waals surface area contributed by atoms with Crippen LogP contribution in [-0.2, 0) is 0 Å². The molecule has 19 heavy (non-hydrogen) atoms. The van der Waals surface area contributed by atoms with E-state index in [2.05, 4.69) is 34.3 Å². The third kappa shape index (κ3) is 2.47. The van der Waals surface area contributed by atoms with Gasteiger partial charge in [0.05, 0.1) is 3.79 Å². The van der Waals surface area contributed by atoms with Crippen LogP contribution in [0.4, 0.5) is 0 Å². The van der Waals surface area contributed by atoms with Gasteiger partial charge in [-0.25, -0.2) is 5.43 Å². The number of aryl methyl sites for hydroxylation is 1. The Hall–Kier alpha value is -1.14. The maximum absolute atomic E-state index is 5.89. The van der Waals surface area contributed by atoms with Gasteiger partial charge in [0.2, 0.25) is 0 Å². The molecule has 2 aromatic heterocycles. The van der Waals surface area contributed by atoms with Gasteiger partial charge in [-0.05, 0) is 53.2 Å². The first-order valence-corrected chi connectivity index (χ1v) is 7.50. The molecule has 2 heterocycles. The fourth-order valence-electron chi connectivity index (χ4n) is 2.11. The summed E-state index contributed by atoms with van der Waals surface area (Å²) in [4.78, 5) is 1.12. The standard InChI is InChI=1S/C14H13BrN2OS/c1-8-2-3-10-9(6-8)7-11(18-10)14(17-16)12-4-5-13(15)19-12/h2-7,14,17H,16H2,1H3. The van der Waals surface area contributed by atoms with Crippen LogP contribution >= 0.6 is 27.3 Å². The normalized spacial score (nSPS) is 13.0. The number of nitrogens with two attached hydrogens (primary N) is 1. The highest BCUT2D eigenvalue weighted by atomic mass is 79.9. The van der Waals surface area contributed by atoms with E-state index in [9.17, 15) is 0 Å². The van der Waals surface area contributed by atoms with Gasteiger partial charge in [0.15, 0.2) is 0 Å². The lowest BCUT2D eigenvalue weighted by Gasteiger charge is -2.10. The molecule has 0 saturated heterocycles. The van der Waals surface area contributed by atoms with E-state index in [1.807, 2.05) is 30.3 Å². The van der Waals surface area contributed by atoms with Crippen LogP contribution in [-0.4, -0.2) is 0 Å². The number of hydrogen-bond acceptors (Lipinski definition) is 4. The van der Waals surface area contributed by atoms with Crippen molar-refractivity contribution in [2.75, 3.05) is 0 Å². The second-order valence-corrected chi connectivity index (χ2v) is 6.93. The lowest BCUT2D eigenvalue weighted by atomic mass is 10.1. The van der Waals surface area contributed by atoms with Crippen LogP contribution in [0, 0.1) is 6.92 Å². The zero-order valence-corrected chi connectivity index (χ0v) is 12.7. The predicted octanol–water partition coefficient (Wildman–Crippen LogP) is 4.12. The Morgan fingerprint density at radius 1 is 1.26 bits per heavy atom. The van der Waals surface area contributed by atoms with Gasteiger partial charge in [-0.3, -0.25) is 5.84 Å². The van der Waals surface area contributed by atoms with E-state index >= 15 is 0 Å². The third-order valence-electron chi connectivity index (χ3n) is 3.02. The minimum absolute atomic E-state index is 0.121. The largest absolute Gasteiger partial charge is 0.459 e. The minimum Gasteiger partial charge on any atom is -0.459 e. The van der Waals surface area contributed by atoms with Crippen LogP contribution in [0.1, 0.15) is 22.2 Å². The Kier molecular flexibility index (Phi) is 3.45. The summed E-state index contributed by atoms with van der Waals surface area (Å²) in [7, 11) is 0. The predicted molar refractivity (Wildman–Crippen MR) is 82.1 cm³/mol. The van der Waals surface area contributed by atoms with Gasteiger partial charge < -0.3 is 4.42 Å². The lowest BCUT2D eigenvalue weighted by Crippen LogP contribution is -2.27. The Bertz CT molecular complexity index is 719. The fourth-order valence-corrected chi connectivity index (χ4v) is 3.61. The topological polar surface area (TPSA) is 51.2 Å². The second kappa shape index (κ2) is 5.09. The average molecular weight is 337 g/mol. The average Bonchev–Trinajstić information content (AvgIpc) is 2.96. The highest BCUT2D eigenvalue weighted by Gasteiger charge is 2.18. The van der Waals surface area contributed by atoms with Crippen molar-refractivity contribution >= 4 is 38.2 Å². The number of halogens is 1. The Morgan fingerprint density at radius 3 is 2.79 bits per heavy atom. The van der Waals surface area contributed by atoms with E-state index in [1.54, 1.807) is 11.3 Å². The van der Waals surface area contributed by atoms with Gasteiger partial charge in [0.25, 0.3) is 0 Å². The van der Waals surface area contributed by atoms with E-state index in [0.29, 0.717) is 0 Å². The molecule has 3 nitrogen and oxygen atoms in total. The summed E-state index contributed by atoms with van der Waals surface area (Å²) in [5.41, 5.74) is 4.92. The van der Waals surface area contributed by atoms with Gasteiger partial charge in [-0.2, -0.15) is 0 Å². The van der Waals surface area contributed by atoms with Crippen molar-refractivity contribution in [3.63, 3.8) is 0 Å². The summed E-state index contributed by atoms with van der Waals surface area (Å²) in [5.74, 6) is 6.51. The fraction of sp³-hybridized carbons (Fsp3) is 0.143. The van der Waals surface area contributed by atoms with E-state index in [4.69, 9.17) is 10.3 Å². The van der Waals surface area contributed by atoms with Crippen LogP contribution in [0.2, 0.25) is 0 Å². The molecule has 3 aromatic rings. The number of nitrogens with one attached hydrogen (secondary N) is 1. The monoisotopic (exact) mass is 336 g/mol. The van der Waals surface area contributed by atoms with Crippen LogP contribution in [0.25, 0.3) is 11.0 Å². The van der Waals surface area contributed by atoms with Gasteiger partial charge in [0.1, 0.15) is 17.4 Å². The Balaban J connectivity index is 2.06. The van der Waals surface area contributed by atoms with Gasteiger partial charge >= 0.3 is 0 Å². The summed E-state index contributed by atoms with van der Waals surface area (Å²) < 4.78 is 6.97. The minimum atomic E-state index is -0.121. The molecule has 0 radical (unpaired) electrons. The molecule has 1 atom stereocenters. The molecule has 3 rings (SSSR count). The first kappa shape index (κ1) is 12.9. The lowest BCUT2D eigenvalue weighted by molar-refractivity contribution is 0.481. The summed E-state index contributed by atoms with van der Waals surface area (Å²) in [5, 5.41) is 1.10. The molecule has 5 heteroatoms. The smallest absolute Gasteiger partial charge is 0.134 e. The molecule has 3 N–H and O–H groups in total.